The van der Waals surface area contributed by atoms with Gasteiger partial charge in [0, 0.05) is 19.5 Å². The molecule has 0 radical (unpaired) electrons. The van der Waals surface area contributed by atoms with Crippen LogP contribution in [0.2, 0.25) is 0 Å². The molecule has 0 aromatic heterocycles. The number of hydrogen-bond donors (Lipinski definition) is 3. The second-order valence-electron chi connectivity index (χ2n) is 10.5. The largest absolute Gasteiger partial charge is 0.480 e. The van der Waals surface area contributed by atoms with Crippen LogP contribution in [-0.4, -0.2) is 82.7 Å². The third kappa shape index (κ3) is 11.3. The maximum atomic E-state index is 12.9. The van der Waals surface area contributed by atoms with Gasteiger partial charge in [-0.1, -0.05) is 30.3 Å². The number of nitrogens with zero attached hydrogens (tertiary/aromatic N) is 2. The van der Waals surface area contributed by atoms with Crippen LogP contribution in [0.15, 0.2) is 30.3 Å². The van der Waals surface area contributed by atoms with Crippen LogP contribution in [-0.2, 0) is 30.5 Å². The lowest BCUT2D eigenvalue weighted by atomic mass is 9.91. The van der Waals surface area contributed by atoms with Gasteiger partial charge in [0.25, 0.3) is 0 Å². The number of carbonyl (C=O) groups excluding carboxylic acids is 4. The molecule has 0 unspecified atom stereocenters. The zero-order chi connectivity index (χ0) is 29.0. The van der Waals surface area contributed by atoms with Crippen LogP contribution in [0.25, 0.3) is 0 Å². The Morgan fingerprint density at radius 1 is 1.10 bits per heavy atom. The van der Waals surface area contributed by atoms with Gasteiger partial charge in [0.1, 0.15) is 18.2 Å². The number of alkyl carbamates (subject to hydrolysis) is 1. The van der Waals surface area contributed by atoms with E-state index in [-0.39, 0.29) is 19.1 Å². The minimum absolute atomic E-state index is 0.0167. The molecule has 2 rings (SSSR count). The molecule has 216 valence electrons. The van der Waals surface area contributed by atoms with Gasteiger partial charge in [-0.05, 0) is 57.9 Å². The van der Waals surface area contributed by atoms with Crippen molar-refractivity contribution in [2.45, 2.75) is 71.1 Å². The summed E-state index contributed by atoms with van der Waals surface area (Å²) in [5, 5.41) is 11.8. The molecule has 0 spiro atoms. The van der Waals surface area contributed by atoms with Gasteiger partial charge >= 0.3 is 18.2 Å². The Kier molecular flexibility index (Phi) is 12.2. The number of amides is 4. The summed E-state index contributed by atoms with van der Waals surface area (Å²) in [5.74, 6) is -2.42. The van der Waals surface area contributed by atoms with Crippen molar-refractivity contribution in [2.75, 3.05) is 26.2 Å². The fourth-order valence-corrected chi connectivity index (χ4v) is 4.14. The first-order valence-electron chi connectivity index (χ1n) is 13.1. The fourth-order valence-electron chi connectivity index (χ4n) is 4.14. The summed E-state index contributed by atoms with van der Waals surface area (Å²) < 4.78 is 10.5. The number of nitrogens with two attached hydrogens (primary N) is 1. The quantitative estimate of drug-likeness (QED) is 0.376. The minimum Gasteiger partial charge on any atom is -0.480 e. The van der Waals surface area contributed by atoms with Crippen molar-refractivity contribution >= 4 is 30.0 Å². The number of piperidine rings is 1. The second kappa shape index (κ2) is 15.1. The number of likely N-dealkylation sites (tertiary alicyclic amines) is 1. The standard InChI is InChI=1S/C27H40N4O8/c1-27(2,3)39-26(37)30-14-12-19(13-15-30)10-7-11-22(32)31(23(33)16-28)17-21(24(34)35)29-25(36)38-18-20-8-5-4-6-9-20/h4-6,8-9,19,21H,7,10-18,28H2,1-3H3,(H,29,36)(H,34,35)/t21-/m0/s1. The molecular weight excluding hydrogens is 508 g/mol. The van der Waals surface area contributed by atoms with E-state index in [2.05, 4.69) is 5.32 Å². The van der Waals surface area contributed by atoms with Crippen LogP contribution in [0.3, 0.4) is 0 Å². The van der Waals surface area contributed by atoms with Crippen molar-refractivity contribution in [1.82, 2.24) is 15.1 Å². The molecule has 1 fully saturated rings. The summed E-state index contributed by atoms with van der Waals surface area (Å²) in [6.45, 7) is 5.47. The van der Waals surface area contributed by atoms with Gasteiger partial charge in [-0.2, -0.15) is 0 Å². The highest BCUT2D eigenvalue weighted by atomic mass is 16.6. The van der Waals surface area contributed by atoms with E-state index < -0.39 is 48.6 Å². The second-order valence-corrected chi connectivity index (χ2v) is 10.5. The van der Waals surface area contributed by atoms with Crippen molar-refractivity contribution in [3.8, 4) is 0 Å². The van der Waals surface area contributed by atoms with Gasteiger partial charge in [0.05, 0.1) is 13.1 Å². The summed E-state index contributed by atoms with van der Waals surface area (Å²) in [6, 6.07) is 7.26. The van der Waals surface area contributed by atoms with E-state index in [1.807, 2.05) is 20.8 Å². The molecule has 1 aromatic carbocycles. The van der Waals surface area contributed by atoms with Gasteiger partial charge in [0.2, 0.25) is 11.8 Å². The molecule has 0 saturated carbocycles. The number of nitrogens with one attached hydrogen (secondary N) is 1. The molecule has 12 heteroatoms. The molecule has 4 amide bonds. The summed E-state index contributed by atoms with van der Waals surface area (Å²) >= 11 is 0. The normalized spacial score (nSPS) is 14.7. The average Bonchev–Trinajstić information content (AvgIpc) is 2.89. The number of benzene rings is 1. The maximum Gasteiger partial charge on any atom is 0.410 e. The van der Waals surface area contributed by atoms with E-state index in [1.165, 1.54) is 0 Å². The number of aliphatic carboxylic acids is 1. The lowest BCUT2D eigenvalue weighted by Gasteiger charge is -2.33. The number of carboxylic acids is 1. The van der Waals surface area contributed by atoms with Crippen LogP contribution >= 0.6 is 0 Å². The SMILES string of the molecule is CC(C)(C)OC(=O)N1CCC(CCCC(=O)N(C[C@H](NC(=O)OCc2ccccc2)C(=O)O)C(=O)CN)CC1. The number of hydrogen-bond acceptors (Lipinski definition) is 8. The average molecular weight is 549 g/mol. The highest BCUT2D eigenvalue weighted by Crippen LogP contribution is 2.24. The monoisotopic (exact) mass is 548 g/mol. The van der Waals surface area contributed by atoms with Crippen LogP contribution in [0.5, 0.6) is 0 Å². The number of carboxylic acid groups (broad SMARTS) is 1. The lowest BCUT2D eigenvalue weighted by Crippen LogP contribution is -2.52. The molecule has 12 nitrogen and oxygen atoms in total. The van der Waals surface area contributed by atoms with Crippen LogP contribution in [0.1, 0.15) is 58.4 Å². The van der Waals surface area contributed by atoms with Crippen molar-refractivity contribution in [3.05, 3.63) is 35.9 Å². The van der Waals surface area contributed by atoms with Crippen molar-refractivity contribution in [3.63, 3.8) is 0 Å². The van der Waals surface area contributed by atoms with Crippen molar-refractivity contribution < 1.29 is 38.6 Å². The van der Waals surface area contributed by atoms with Gasteiger partial charge in [-0.25, -0.2) is 14.4 Å². The summed E-state index contributed by atoms with van der Waals surface area (Å²) in [6.07, 6.45) is 1.43. The first kappa shape index (κ1) is 31.5. The molecule has 1 aliphatic heterocycles. The molecule has 1 heterocycles. The summed E-state index contributed by atoms with van der Waals surface area (Å²) in [4.78, 5) is 63.8. The predicted octanol–water partition coefficient (Wildman–Crippen LogP) is 2.50. The summed E-state index contributed by atoms with van der Waals surface area (Å²) in [5.41, 5.74) is 5.61. The van der Waals surface area contributed by atoms with Gasteiger partial charge in [-0.3, -0.25) is 14.5 Å². The molecule has 1 atom stereocenters. The number of ether oxygens (including phenoxy) is 2. The van der Waals surface area contributed by atoms with Gasteiger partial charge in [-0.15, -0.1) is 0 Å². The molecular formula is C27H40N4O8. The van der Waals surface area contributed by atoms with Crippen LogP contribution < -0.4 is 11.1 Å². The highest BCUT2D eigenvalue weighted by molar-refractivity contribution is 5.97. The van der Waals surface area contributed by atoms with Crippen LogP contribution in [0, 0.1) is 5.92 Å². The van der Waals surface area contributed by atoms with Crippen LogP contribution in [0.4, 0.5) is 9.59 Å². The Morgan fingerprint density at radius 2 is 1.74 bits per heavy atom. The van der Waals surface area contributed by atoms with E-state index in [9.17, 15) is 29.1 Å². The Labute approximate surface area is 228 Å². The van der Waals surface area contributed by atoms with E-state index in [4.69, 9.17) is 15.2 Å². The number of imide groups is 1. The smallest absolute Gasteiger partial charge is 0.410 e. The highest BCUT2D eigenvalue weighted by Gasteiger charge is 2.30. The zero-order valence-corrected chi connectivity index (χ0v) is 22.9. The Balaban J connectivity index is 1.84. The summed E-state index contributed by atoms with van der Waals surface area (Å²) in [7, 11) is 0. The number of rotatable bonds is 11. The third-order valence-electron chi connectivity index (χ3n) is 6.21. The van der Waals surface area contributed by atoms with Gasteiger partial charge < -0.3 is 30.5 Å². The molecule has 4 N–H and O–H groups in total. The molecule has 1 aromatic rings. The van der Waals surface area contributed by atoms with Crippen molar-refractivity contribution in [1.29, 1.82) is 0 Å². The van der Waals surface area contributed by atoms with E-state index in [1.54, 1.807) is 35.2 Å². The minimum atomic E-state index is -1.56. The van der Waals surface area contributed by atoms with E-state index >= 15 is 0 Å². The van der Waals surface area contributed by atoms with Crippen molar-refractivity contribution in [2.24, 2.45) is 11.7 Å². The Bertz CT molecular complexity index is 987. The predicted molar refractivity (Wildman–Crippen MR) is 141 cm³/mol. The molecule has 0 aliphatic carbocycles. The zero-order valence-electron chi connectivity index (χ0n) is 22.9. The Hall–Kier alpha value is -3.67. The topological polar surface area (TPSA) is 169 Å². The number of carbonyl (C=O) groups is 5. The molecule has 1 aliphatic rings. The van der Waals surface area contributed by atoms with E-state index in [0.717, 1.165) is 17.7 Å². The third-order valence-corrected chi connectivity index (χ3v) is 6.21. The molecule has 39 heavy (non-hydrogen) atoms. The molecule has 1 saturated heterocycles. The maximum absolute atomic E-state index is 12.9. The van der Waals surface area contributed by atoms with Gasteiger partial charge in [0.15, 0.2) is 0 Å². The Morgan fingerprint density at radius 3 is 2.31 bits per heavy atom. The first-order chi connectivity index (χ1) is 18.4. The lowest BCUT2D eigenvalue weighted by molar-refractivity contribution is -0.146. The molecule has 0 bridgehead atoms. The first-order valence-corrected chi connectivity index (χ1v) is 13.1. The van der Waals surface area contributed by atoms with E-state index in [0.29, 0.717) is 37.4 Å². The fraction of sp³-hybridized carbons (Fsp3) is 0.593.